The summed E-state index contributed by atoms with van der Waals surface area (Å²) in [4.78, 5) is 30.0. The highest BCUT2D eigenvalue weighted by Crippen LogP contribution is 2.21. The monoisotopic (exact) mass is 449 g/mol. The quantitative estimate of drug-likeness (QED) is 0.308. The topological polar surface area (TPSA) is 64.0 Å². The molecule has 0 fully saturated rings. The lowest BCUT2D eigenvalue weighted by molar-refractivity contribution is -0.118. The van der Waals surface area contributed by atoms with Gasteiger partial charge in [-0.25, -0.2) is 4.98 Å². The smallest absolute Gasteiger partial charge is 0.272 e. The molecule has 0 bridgehead atoms. The lowest BCUT2D eigenvalue weighted by atomic mass is 10.1. The normalized spacial score (nSPS) is 11.0. The first kappa shape index (κ1) is 21.3. The van der Waals surface area contributed by atoms with Gasteiger partial charge >= 0.3 is 0 Å². The Labute approximate surface area is 189 Å². The van der Waals surface area contributed by atoms with Crippen molar-refractivity contribution >= 4 is 39.2 Å². The van der Waals surface area contributed by atoms with Gasteiger partial charge in [-0.2, -0.15) is 0 Å². The molecular formula is C24H23N3O2S2. The number of rotatable bonds is 9. The molecule has 0 aliphatic carbocycles. The third-order valence-corrected chi connectivity index (χ3v) is 6.78. The molecule has 4 aromatic rings. The maximum absolute atomic E-state index is 13.0. The Bertz CT molecular complexity index is 1200. The summed E-state index contributed by atoms with van der Waals surface area (Å²) < 4.78 is 2.36. The molecule has 5 nitrogen and oxygen atoms in total. The van der Waals surface area contributed by atoms with E-state index in [2.05, 4.69) is 22.4 Å². The number of fused-ring (bicyclic) bond motifs is 1. The maximum atomic E-state index is 13.0. The Morgan fingerprint density at radius 3 is 2.35 bits per heavy atom. The van der Waals surface area contributed by atoms with E-state index in [4.69, 9.17) is 0 Å². The van der Waals surface area contributed by atoms with Crippen LogP contribution in [0.15, 0.2) is 82.1 Å². The second-order valence-electron chi connectivity index (χ2n) is 7.10. The number of thioether (sulfide) groups is 1. The SMILES string of the molecule is O=C(CSc1nc2ccsc2c(=O)n1CCc1ccccc1)NCCc1ccccc1. The Morgan fingerprint density at radius 1 is 0.968 bits per heavy atom. The minimum atomic E-state index is -0.0600. The van der Waals surface area contributed by atoms with Crippen molar-refractivity contribution in [3.05, 3.63) is 93.6 Å². The number of nitrogens with one attached hydrogen (secondary N) is 1. The first-order chi connectivity index (χ1) is 15.2. The van der Waals surface area contributed by atoms with Gasteiger partial charge in [-0.1, -0.05) is 72.4 Å². The Morgan fingerprint density at radius 2 is 1.65 bits per heavy atom. The third kappa shape index (κ3) is 5.62. The zero-order chi connectivity index (χ0) is 21.5. The molecule has 1 amide bonds. The summed E-state index contributed by atoms with van der Waals surface area (Å²) in [6.07, 6.45) is 1.52. The standard InChI is InChI=1S/C24H23N3O2S2/c28-21(25-14-11-18-7-3-1-4-8-18)17-31-24-26-20-13-16-30-22(20)23(29)27(24)15-12-19-9-5-2-6-10-19/h1-10,13,16H,11-12,14-15,17H2,(H,25,28). The van der Waals surface area contributed by atoms with Crippen LogP contribution in [0.25, 0.3) is 10.2 Å². The van der Waals surface area contributed by atoms with E-state index >= 15 is 0 Å². The zero-order valence-electron chi connectivity index (χ0n) is 17.0. The fourth-order valence-electron chi connectivity index (χ4n) is 3.29. The van der Waals surface area contributed by atoms with Crippen molar-refractivity contribution in [2.75, 3.05) is 12.3 Å². The molecule has 0 aliphatic heterocycles. The van der Waals surface area contributed by atoms with Gasteiger partial charge in [0.2, 0.25) is 5.91 Å². The summed E-state index contributed by atoms with van der Waals surface area (Å²) in [5.74, 6) is 0.164. The van der Waals surface area contributed by atoms with Gasteiger partial charge in [-0.05, 0) is 35.4 Å². The molecule has 0 saturated carbocycles. The summed E-state index contributed by atoms with van der Waals surface area (Å²) in [5, 5.41) is 5.42. The molecule has 0 saturated heterocycles. The van der Waals surface area contributed by atoms with Crippen molar-refractivity contribution in [3.8, 4) is 0 Å². The number of carbonyl (C=O) groups excluding carboxylic acids is 1. The average Bonchev–Trinajstić information content (AvgIpc) is 3.27. The number of aromatic nitrogens is 2. The van der Waals surface area contributed by atoms with E-state index in [9.17, 15) is 9.59 Å². The molecule has 0 spiro atoms. The van der Waals surface area contributed by atoms with Crippen molar-refractivity contribution in [1.82, 2.24) is 14.9 Å². The molecule has 0 radical (unpaired) electrons. The second-order valence-corrected chi connectivity index (χ2v) is 8.95. The van der Waals surface area contributed by atoms with Gasteiger partial charge in [0.15, 0.2) is 5.16 Å². The van der Waals surface area contributed by atoms with Crippen molar-refractivity contribution in [2.45, 2.75) is 24.5 Å². The molecular weight excluding hydrogens is 426 g/mol. The molecule has 31 heavy (non-hydrogen) atoms. The first-order valence-electron chi connectivity index (χ1n) is 10.2. The van der Waals surface area contributed by atoms with Crippen LogP contribution in [0.5, 0.6) is 0 Å². The molecule has 7 heteroatoms. The molecule has 0 unspecified atom stereocenters. The molecule has 4 rings (SSSR count). The predicted octanol–water partition coefficient (Wildman–Crippen LogP) is 4.15. The summed E-state index contributed by atoms with van der Waals surface area (Å²) in [5.41, 5.74) is 3.01. The average molecular weight is 450 g/mol. The van der Waals surface area contributed by atoms with Crippen LogP contribution in [-0.4, -0.2) is 27.8 Å². The Hall–Kier alpha value is -2.90. The molecule has 0 aliphatic rings. The van der Waals surface area contributed by atoms with E-state index in [0.717, 1.165) is 18.4 Å². The number of carbonyl (C=O) groups is 1. The molecule has 1 N–H and O–H groups in total. The van der Waals surface area contributed by atoms with Crippen LogP contribution in [0.3, 0.4) is 0 Å². The van der Waals surface area contributed by atoms with Gasteiger partial charge in [0.1, 0.15) is 4.70 Å². The van der Waals surface area contributed by atoms with Crippen LogP contribution in [-0.2, 0) is 24.2 Å². The van der Waals surface area contributed by atoms with E-state index in [0.29, 0.717) is 28.5 Å². The van der Waals surface area contributed by atoms with Crippen LogP contribution in [0.4, 0.5) is 0 Å². The van der Waals surface area contributed by atoms with Crippen molar-refractivity contribution in [3.63, 3.8) is 0 Å². The molecule has 0 atom stereocenters. The van der Waals surface area contributed by atoms with Crippen LogP contribution >= 0.6 is 23.1 Å². The van der Waals surface area contributed by atoms with Crippen molar-refractivity contribution in [1.29, 1.82) is 0 Å². The Balaban J connectivity index is 1.42. The van der Waals surface area contributed by atoms with E-state index in [-0.39, 0.29) is 17.2 Å². The van der Waals surface area contributed by atoms with E-state index < -0.39 is 0 Å². The molecule has 2 aromatic heterocycles. The van der Waals surface area contributed by atoms with Gasteiger partial charge in [0, 0.05) is 13.1 Å². The molecule has 2 aromatic carbocycles. The summed E-state index contributed by atoms with van der Waals surface area (Å²) in [6.45, 7) is 1.11. The lowest BCUT2D eigenvalue weighted by Gasteiger charge is -2.12. The van der Waals surface area contributed by atoms with Gasteiger partial charge in [-0.3, -0.25) is 14.2 Å². The third-order valence-electron chi connectivity index (χ3n) is 4.91. The summed E-state index contributed by atoms with van der Waals surface area (Å²) in [7, 11) is 0. The minimum absolute atomic E-state index is 0.0390. The second kappa shape index (κ2) is 10.4. The number of nitrogens with zero attached hydrogens (tertiary/aromatic N) is 2. The van der Waals surface area contributed by atoms with Gasteiger partial charge < -0.3 is 5.32 Å². The summed E-state index contributed by atoms with van der Waals surface area (Å²) >= 11 is 2.72. The number of hydrogen-bond acceptors (Lipinski definition) is 5. The number of benzene rings is 2. The van der Waals surface area contributed by atoms with Gasteiger partial charge in [0.05, 0.1) is 11.3 Å². The Kier molecular flexibility index (Phi) is 7.17. The number of hydrogen-bond donors (Lipinski definition) is 1. The number of thiophene rings is 1. The fraction of sp³-hybridized carbons (Fsp3) is 0.208. The largest absolute Gasteiger partial charge is 0.355 e. The molecule has 2 heterocycles. The molecule has 158 valence electrons. The highest BCUT2D eigenvalue weighted by Gasteiger charge is 2.14. The van der Waals surface area contributed by atoms with Gasteiger partial charge in [-0.15, -0.1) is 11.3 Å². The lowest BCUT2D eigenvalue weighted by Crippen LogP contribution is -2.28. The van der Waals surface area contributed by atoms with E-state index in [1.165, 1.54) is 28.7 Å². The zero-order valence-corrected chi connectivity index (χ0v) is 18.6. The van der Waals surface area contributed by atoms with Crippen molar-refractivity contribution in [2.24, 2.45) is 0 Å². The predicted molar refractivity (Wildman–Crippen MR) is 128 cm³/mol. The van der Waals surface area contributed by atoms with Crippen LogP contribution in [0.1, 0.15) is 11.1 Å². The summed E-state index contributed by atoms with van der Waals surface area (Å²) in [6, 6.07) is 22.0. The van der Waals surface area contributed by atoms with Crippen LogP contribution in [0.2, 0.25) is 0 Å². The highest BCUT2D eigenvalue weighted by atomic mass is 32.2. The number of aryl methyl sites for hydroxylation is 1. The maximum Gasteiger partial charge on any atom is 0.272 e. The van der Waals surface area contributed by atoms with E-state index in [1.54, 1.807) is 4.57 Å². The van der Waals surface area contributed by atoms with E-state index in [1.807, 2.05) is 60.0 Å². The first-order valence-corrected chi connectivity index (χ1v) is 12.0. The van der Waals surface area contributed by atoms with Crippen molar-refractivity contribution < 1.29 is 4.79 Å². The van der Waals surface area contributed by atoms with Gasteiger partial charge in [0.25, 0.3) is 5.56 Å². The number of amides is 1. The van der Waals surface area contributed by atoms with Crippen LogP contribution < -0.4 is 10.9 Å². The minimum Gasteiger partial charge on any atom is -0.355 e. The highest BCUT2D eigenvalue weighted by molar-refractivity contribution is 7.99. The fourth-order valence-corrected chi connectivity index (χ4v) is 4.92. The van der Waals surface area contributed by atoms with Crippen LogP contribution in [0, 0.1) is 0 Å².